The summed E-state index contributed by atoms with van der Waals surface area (Å²) in [4.78, 5) is 6.62. The molecule has 0 aliphatic carbocycles. The summed E-state index contributed by atoms with van der Waals surface area (Å²) in [5.41, 5.74) is 10.1. The zero-order valence-corrected chi connectivity index (χ0v) is 20.2. The van der Waals surface area contributed by atoms with E-state index < -0.39 is 10.1 Å². The van der Waals surface area contributed by atoms with E-state index in [2.05, 4.69) is 32.2 Å². The van der Waals surface area contributed by atoms with Gasteiger partial charge in [0.25, 0.3) is 10.1 Å². The zero-order chi connectivity index (χ0) is 25.1. The number of rotatable bonds is 6. The molecule has 0 unspecified atom stereocenters. The number of nitrogens with zero attached hydrogens (tertiary/aromatic N) is 4. The Morgan fingerprint density at radius 1 is 0.973 bits per heavy atom. The first-order valence-corrected chi connectivity index (χ1v) is 12.9. The van der Waals surface area contributed by atoms with Crippen molar-refractivity contribution in [2.24, 2.45) is 10.2 Å². The number of benzene rings is 3. The second kappa shape index (κ2) is 11.8. The third-order valence-electron chi connectivity index (χ3n) is 6.06. The van der Waals surface area contributed by atoms with Crippen LogP contribution >= 0.6 is 0 Å². The van der Waals surface area contributed by atoms with Crippen molar-refractivity contribution in [3.05, 3.63) is 78.5 Å². The standard InChI is InChI=1S/C26H25N5O4S.Na.H/c27-26-22-7-2-1-6-21(22)25(36(32,33)34)15-24(26)30-29-20-8-9-23(28-16-20)19-5-3-4-18(14-19)17-31-10-12-35-13-11-31;;/h1-9,14-16H,10-13,17,27H2,(H,32,33,34);;/b30-29+;;. The van der Waals surface area contributed by atoms with Crippen molar-refractivity contribution in [3.8, 4) is 11.3 Å². The van der Waals surface area contributed by atoms with Crippen molar-refractivity contribution >= 4 is 67.5 Å². The van der Waals surface area contributed by atoms with Crippen LogP contribution in [0.5, 0.6) is 0 Å². The predicted molar refractivity (Wildman–Crippen MR) is 145 cm³/mol. The summed E-state index contributed by atoms with van der Waals surface area (Å²) >= 11 is 0. The molecule has 0 bridgehead atoms. The molecule has 1 aromatic heterocycles. The van der Waals surface area contributed by atoms with Gasteiger partial charge >= 0.3 is 29.6 Å². The summed E-state index contributed by atoms with van der Waals surface area (Å²) in [5.74, 6) is 0. The Morgan fingerprint density at radius 3 is 2.43 bits per heavy atom. The number of pyridine rings is 1. The van der Waals surface area contributed by atoms with Crippen LogP contribution in [0.1, 0.15) is 5.56 Å². The van der Waals surface area contributed by atoms with Crippen LogP contribution in [0.4, 0.5) is 17.1 Å². The van der Waals surface area contributed by atoms with Crippen molar-refractivity contribution < 1.29 is 17.7 Å². The third kappa shape index (κ3) is 6.42. The Morgan fingerprint density at radius 2 is 1.73 bits per heavy atom. The first kappa shape index (κ1) is 27.3. The average molecular weight is 528 g/mol. The monoisotopic (exact) mass is 527 g/mol. The van der Waals surface area contributed by atoms with E-state index in [1.807, 2.05) is 18.2 Å². The topological polar surface area (TPSA) is 130 Å². The molecule has 2 heterocycles. The number of nitrogens with two attached hydrogens (primary N) is 1. The minimum atomic E-state index is -4.48. The molecule has 0 amide bonds. The summed E-state index contributed by atoms with van der Waals surface area (Å²) in [6, 6.07) is 19.8. The summed E-state index contributed by atoms with van der Waals surface area (Å²) in [7, 11) is -4.48. The fourth-order valence-electron chi connectivity index (χ4n) is 4.22. The molecule has 9 nitrogen and oxygen atoms in total. The molecule has 0 spiro atoms. The molecular formula is C26H26N5NaO4S. The van der Waals surface area contributed by atoms with Crippen molar-refractivity contribution in [2.75, 3.05) is 32.0 Å². The molecule has 0 saturated carbocycles. The molecule has 0 atom stereocenters. The van der Waals surface area contributed by atoms with E-state index in [9.17, 15) is 13.0 Å². The van der Waals surface area contributed by atoms with Gasteiger partial charge in [-0.05, 0) is 29.8 Å². The van der Waals surface area contributed by atoms with Crippen LogP contribution in [-0.2, 0) is 21.4 Å². The number of ether oxygens (including phenoxy) is 1. The summed E-state index contributed by atoms with van der Waals surface area (Å²) in [6.07, 6.45) is 1.59. The number of nitrogen functional groups attached to an aromatic ring is 1. The molecule has 3 aromatic carbocycles. The Bertz CT molecular complexity index is 1540. The van der Waals surface area contributed by atoms with Gasteiger partial charge in [-0.2, -0.15) is 8.42 Å². The maximum absolute atomic E-state index is 11.9. The number of fused-ring (bicyclic) bond motifs is 1. The van der Waals surface area contributed by atoms with Crippen molar-refractivity contribution in [1.82, 2.24) is 9.88 Å². The van der Waals surface area contributed by atoms with Gasteiger partial charge in [0.05, 0.1) is 30.8 Å². The van der Waals surface area contributed by atoms with Crippen LogP contribution in [0.25, 0.3) is 22.0 Å². The number of morpholine rings is 1. The van der Waals surface area contributed by atoms with Gasteiger partial charge in [0.15, 0.2) is 0 Å². The number of aromatic nitrogens is 1. The fourth-order valence-corrected chi connectivity index (χ4v) is 4.94. The van der Waals surface area contributed by atoms with Crippen LogP contribution in [0, 0.1) is 0 Å². The Balaban J connectivity index is 0.00000320. The predicted octanol–water partition coefficient (Wildman–Crippen LogP) is 4.33. The minimum absolute atomic E-state index is 0. The normalized spacial score (nSPS) is 14.6. The van der Waals surface area contributed by atoms with Crippen LogP contribution < -0.4 is 5.73 Å². The molecule has 1 aliphatic heterocycles. The van der Waals surface area contributed by atoms with Gasteiger partial charge in [-0.3, -0.25) is 14.4 Å². The number of hydrogen-bond acceptors (Lipinski definition) is 8. The average Bonchev–Trinajstić information content (AvgIpc) is 2.89. The summed E-state index contributed by atoms with van der Waals surface area (Å²) in [5, 5.41) is 9.12. The molecule has 0 radical (unpaired) electrons. The quantitative estimate of drug-likeness (QED) is 0.165. The summed E-state index contributed by atoms with van der Waals surface area (Å²) < 4.78 is 38.9. The van der Waals surface area contributed by atoms with E-state index in [-0.39, 0.29) is 45.8 Å². The Kier molecular flexibility index (Phi) is 8.71. The molecule has 1 fully saturated rings. The van der Waals surface area contributed by atoms with Crippen molar-refractivity contribution in [2.45, 2.75) is 11.4 Å². The van der Waals surface area contributed by atoms with Gasteiger partial charge in [-0.1, -0.05) is 42.5 Å². The molecule has 1 saturated heterocycles. The Hall–Kier alpha value is -2.70. The molecule has 4 aromatic rings. The van der Waals surface area contributed by atoms with Crippen molar-refractivity contribution in [1.29, 1.82) is 0 Å². The number of azo groups is 1. The molecule has 37 heavy (non-hydrogen) atoms. The van der Waals surface area contributed by atoms with Gasteiger partial charge < -0.3 is 10.5 Å². The van der Waals surface area contributed by atoms with E-state index in [1.54, 1.807) is 36.5 Å². The van der Waals surface area contributed by atoms with E-state index in [4.69, 9.17) is 10.5 Å². The fraction of sp³-hybridized carbons (Fsp3) is 0.192. The third-order valence-corrected chi connectivity index (χ3v) is 6.95. The SMILES string of the molecule is Nc1c(/N=N/c2ccc(-c3cccc(CN4CCOCC4)c3)nc2)cc(S(=O)(=O)O)c2ccccc12.[NaH]. The molecule has 11 heteroatoms. The summed E-state index contributed by atoms with van der Waals surface area (Å²) in [6.45, 7) is 4.24. The van der Waals surface area contributed by atoms with Gasteiger partial charge in [0, 0.05) is 36.0 Å². The van der Waals surface area contributed by atoms with Gasteiger partial charge in [-0.25, -0.2) is 0 Å². The zero-order valence-electron chi connectivity index (χ0n) is 19.4. The van der Waals surface area contributed by atoms with Gasteiger partial charge in [0.2, 0.25) is 0 Å². The molecule has 5 rings (SSSR count). The van der Waals surface area contributed by atoms with Crippen LogP contribution in [-0.4, -0.2) is 78.7 Å². The second-order valence-electron chi connectivity index (χ2n) is 8.52. The van der Waals surface area contributed by atoms with E-state index in [0.29, 0.717) is 16.5 Å². The van der Waals surface area contributed by atoms with E-state index in [0.717, 1.165) is 44.1 Å². The molecule has 186 valence electrons. The van der Waals surface area contributed by atoms with Gasteiger partial charge in [0.1, 0.15) is 16.3 Å². The van der Waals surface area contributed by atoms with Crippen LogP contribution in [0.2, 0.25) is 0 Å². The van der Waals surface area contributed by atoms with Crippen molar-refractivity contribution in [3.63, 3.8) is 0 Å². The first-order valence-electron chi connectivity index (χ1n) is 11.4. The molecular weight excluding hydrogens is 501 g/mol. The van der Waals surface area contributed by atoms with E-state index in [1.165, 1.54) is 11.6 Å². The number of hydrogen-bond donors (Lipinski definition) is 2. The van der Waals surface area contributed by atoms with Gasteiger partial charge in [-0.15, -0.1) is 10.2 Å². The first-order chi connectivity index (χ1) is 17.4. The molecule has 3 N–H and O–H groups in total. The van der Waals surface area contributed by atoms with Crippen LogP contribution in [0.15, 0.2) is 88.1 Å². The van der Waals surface area contributed by atoms with Crippen LogP contribution in [0.3, 0.4) is 0 Å². The second-order valence-corrected chi connectivity index (χ2v) is 9.91. The van der Waals surface area contributed by atoms with E-state index >= 15 is 0 Å². The maximum atomic E-state index is 11.9. The Labute approximate surface area is 237 Å². The molecule has 1 aliphatic rings. The number of anilines is 1.